The molecule has 0 amide bonds. The van der Waals surface area contributed by atoms with E-state index in [0.29, 0.717) is 0 Å². The number of unbranched alkanes of at least 4 members (excludes halogenated alkanes) is 6. The highest BCUT2D eigenvalue weighted by Gasteiger charge is 2.17. The molecule has 0 heterocycles. The van der Waals surface area contributed by atoms with Crippen LogP contribution >= 0.6 is 0 Å². The normalized spacial score (nSPS) is 25.9. The molecule has 0 N–H and O–H groups in total. The topological polar surface area (TPSA) is 0 Å². The SMILES string of the molecule is CCCCCCCCC[C@@H]1CCC[C@H](C)C1. The van der Waals surface area contributed by atoms with Crippen molar-refractivity contribution in [2.45, 2.75) is 90.9 Å². The average Bonchev–Trinajstić information content (AvgIpc) is 2.28. The van der Waals surface area contributed by atoms with Gasteiger partial charge in [-0.2, -0.15) is 0 Å². The highest BCUT2D eigenvalue weighted by atomic mass is 14.2. The molecule has 0 radical (unpaired) electrons. The summed E-state index contributed by atoms with van der Waals surface area (Å²) in [7, 11) is 0. The molecular weight excluding hydrogens is 192 g/mol. The molecule has 0 aromatic heterocycles. The van der Waals surface area contributed by atoms with Crippen LogP contribution in [0.2, 0.25) is 0 Å². The molecule has 16 heavy (non-hydrogen) atoms. The van der Waals surface area contributed by atoms with Crippen molar-refractivity contribution in [3.05, 3.63) is 0 Å². The molecule has 0 aliphatic heterocycles. The van der Waals surface area contributed by atoms with Gasteiger partial charge >= 0.3 is 0 Å². The summed E-state index contributed by atoms with van der Waals surface area (Å²) in [5.74, 6) is 2.10. The van der Waals surface area contributed by atoms with E-state index in [1.807, 2.05) is 0 Å². The zero-order valence-electron chi connectivity index (χ0n) is 11.6. The van der Waals surface area contributed by atoms with E-state index in [1.54, 1.807) is 0 Å². The molecule has 0 spiro atoms. The van der Waals surface area contributed by atoms with E-state index < -0.39 is 0 Å². The lowest BCUT2D eigenvalue weighted by atomic mass is 9.80. The summed E-state index contributed by atoms with van der Waals surface area (Å²) in [6, 6.07) is 0. The molecule has 1 aliphatic rings. The minimum Gasteiger partial charge on any atom is -0.0654 e. The molecule has 1 rings (SSSR count). The fourth-order valence-electron chi connectivity index (χ4n) is 3.21. The summed E-state index contributed by atoms with van der Waals surface area (Å²) in [6.45, 7) is 4.74. The summed E-state index contributed by atoms with van der Waals surface area (Å²) < 4.78 is 0. The maximum atomic E-state index is 2.44. The second-order valence-corrected chi connectivity index (χ2v) is 6.05. The lowest BCUT2D eigenvalue weighted by Crippen LogP contribution is -2.12. The van der Waals surface area contributed by atoms with Gasteiger partial charge in [-0.25, -0.2) is 0 Å². The third kappa shape index (κ3) is 6.55. The first-order valence-corrected chi connectivity index (χ1v) is 7.83. The van der Waals surface area contributed by atoms with Crippen molar-refractivity contribution in [1.29, 1.82) is 0 Å². The van der Waals surface area contributed by atoms with Gasteiger partial charge in [0.1, 0.15) is 0 Å². The average molecular weight is 224 g/mol. The Morgan fingerprint density at radius 3 is 2.25 bits per heavy atom. The minimum atomic E-state index is 1.02. The molecule has 0 bridgehead atoms. The van der Waals surface area contributed by atoms with E-state index in [4.69, 9.17) is 0 Å². The zero-order chi connectivity index (χ0) is 11.6. The Kier molecular flexibility index (Phi) is 7.98. The lowest BCUT2D eigenvalue weighted by molar-refractivity contribution is 0.263. The van der Waals surface area contributed by atoms with Gasteiger partial charge in [0, 0.05) is 0 Å². The van der Waals surface area contributed by atoms with Gasteiger partial charge in [0.25, 0.3) is 0 Å². The van der Waals surface area contributed by atoms with E-state index in [-0.39, 0.29) is 0 Å². The van der Waals surface area contributed by atoms with E-state index >= 15 is 0 Å². The van der Waals surface area contributed by atoms with Crippen LogP contribution < -0.4 is 0 Å². The maximum absolute atomic E-state index is 2.44. The number of rotatable bonds is 8. The first kappa shape index (κ1) is 14.1. The predicted octanol–water partition coefficient (Wildman–Crippen LogP) is 5.95. The van der Waals surface area contributed by atoms with Crippen LogP contribution in [0.25, 0.3) is 0 Å². The first-order chi connectivity index (χ1) is 7.83. The Morgan fingerprint density at radius 2 is 1.56 bits per heavy atom. The molecule has 1 fully saturated rings. The molecule has 0 heteroatoms. The molecule has 0 saturated heterocycles. The Balaban J connectivity index is 1.86. The minimum absolute atomic E-state index is 1.02. The van der Waals surface area contributed by atoms with Gasteiger partial charge in [-0.15, -0.1) is 0 Å². The molecular formula is C16H32. The Bertz CT molecular complexity index is 150. The van der Waals surface area contributed by atoms with Gasteiger partial charge < -0.3 is 0 Å². The lowest BCUT2D eigenvalue weighted by Gasteiger charge is -2.26. The van der Waals surface area contributed by atoms with Gasteiger partial charge in [-0.1, -0.05) is 84.5 Å². The summed E-state index contributed by atoms with van der Waals surface area (Å²) in [5, 5.41) is 0. The fraction of sp³-hybridized carbons (Fsp3) is 1.00. The van der Waals surface area contributed by atoms with E-state index in [2.05, 4.69) is 13.8 Å². The molecule has 0 nitrogen and oxygen atoms in total. The zero-order valence-corrected chi connectivity index (χ0v) is 11.6. The maximum Gasteiger partial charge on any atom is -0.0412 e. The van der Waals surface area contributed by atoms with E-state index in [1.165, 1.54) is 77.0 Å². The van der Waals surface area contributed by atoms with Crippen molar-refractivity contribution in [3.8, 4) is 0 Å². The first-order valence-electron chi connectivity index (χ1n) is 7.83. The van der Waals surface area contributed by atoms with Gasteiger partial charge in [-0.05, 0) is 18.3 Å². The smallest absolute Gasteiger partial charge is 0.0412 e. The summed E-state index contributed by atoms with van der Waals surface area (Å²) >= 11 is 0. The van der Waals surface area contributed by atoms with E-state index in [0.717, 1.165) is 11.8 Å². The third-order valence-electron chi connectivity index (χ3n) is 4.26. The van der Waals surface area contributed by atoms with Crippen LogP contribution in [0.3, 0.4) is 0 Å². The molecule has 96 valence electrons. The third-order valence-corrected chi connectivity index (χ3v) is 4.26. The van der Waals surface area contributed by atoms with Crippen LogP contribution in [0.4, 0.5) is 0 Å². The van der Waals surface area contributed by atoms with Gasteiger partial charge in [-0.3, -0.25) is 0 Å². The van der Waals surface area contributed by atoms with E-state index in [9.17, 15) is 0 Å². The van der Waals surface area contributed by atoms with Crippen molar-refractivity contribution in [2.24, 2.45) is 11.8 Å². The molecule has 1 saturated carbocycles. The molecule has 2 atom stereocenters. The summed E-state index contributed by atoms with van der Waals surface area (Å²) in [4.78, 5) is 0. The van der Waals surface area contributed by atoms with Crippen LogP contribution in [0, 0.1) is 11.8 Å². The Morgan fingerprint density at radius 1 is 0.875 bits per heavy atom. The Hall–Kier alpha value is 0. The summed E-state index contributed by atoms with van der Waals surface area (Å²) in [5.41, 5.74) is 0. The van der Waals surface area contributed by atoms with Gasteiger partial charge in [0.15, 0.2) is 0 Å². The number of hydrogen-bond donors (Lipinski definition) is 0. The van der Waals surface area contributed by atoms with Crippen molar-refractivity contribution >= 4 is 0 Å². The van der Waals surface area contributed by atoms with Gasteiger partial charge in [0.2, 0.25) is 0 Å². The van der Waals surface area contributed by atoms with Crippen LogP contribution in [0.1, 0.15) is 90.9 Å². The second kappa shape index (κ2) is 9.07. The molecule has 0 aromatic carbocycles. The Labute approximate surface area is 103 Å². The van der Waals surface area contributed by atoms with Crippen molar-refractivity contribution in [1.82, 2.24) is 0 Å². The van der Waals surface area contributed by atoms with Crippen molar-refractivity contribution in [2.75, 3.05) is 0 Å². The molecule has 0 aromatic rings. The van der Waals surface area contributed by atoms with Crippen LogP contribution in [0.15, 0.2) is 0 Å². The van der Waals surface area contributed by atoms with Crippen LogP contribution in [-0.2, 0) is 0 Å². The fourth-order valence-corrected chi connectivity index (χ4v) is 3.21. The van der Waals surface area contributed by atoms with Crippen LogP contribution in [-0.4, -0.2) is 0 Å². The van der Waals surface area contributed by atoms with Crippen LogP contribution in [0.5, 0.6) is 0 Å². The molecule has 1 aliphatic carbocycles. The second-order valence-electron chi connectivity index (χ2n) is 6.05. The highest BCUT2D eigenvalue weighted by Crippen LogP contribution is 2.31. The predicted molar refractivity (Wildman–Crippen MR) is 73.7 cm³/mol. The summed E-state index contributed by atoms with van der Waals surface area (Å²) in [6.07, 6.45) is 17.8. The largest absolute Gasteiger partial charge is 0.0654 e. The standard InChI is InChI=1S/C16H32/c1-3-4-5-6-7-8-9-12-16-13-10-11-15(2)14-16/h15-16H,3-14H2,1-2H3/t15-,16+/m0/s1. The number of hydrogen-bond acceptors (Lipinski definition) is 0. The van der Waals surface area contributed by atoms with Crippen molar-refractivity contribution < 1.29 is 0 Å². The van der Waals surface area contributed by atoms with Crippen molar-refractivity contribution in [3.63, 3.8) is 0 Å². The van der Waals surface area contributed by atoms with Gasteiger partial charge in [0.05, 0.1) is 0 Å². The monoisotopic (exact) mass is 224 g/mol. The molecule has 0 unspecified atom stereocenters. The highest BCUT2D eigenvalue weighted by molar-refractivity contribution is 4.70. The quantitative estimate of drug-likeness (QED) is 0.447.